The zero-order chi connectivity index (χ0) is 8.39. The van der Waals surface area contributed by atoms with Crippen LogP contribution in [0.15, 0.2) is 35.4 Å². The Morgan fingerprint density at radius 1 is 1.25 bits per heavy atom. The van der Waals surface area contributed by atoms with Gasteiger partial charge in [0.2, 0.25) is 0 Å². The van der Waals surface area contributed by atoms with E-state index in [9.17, 15) is 0 Å². The summed E-state index contributed by atoms with van der Waals surface area (Å²) >= 11 is 0. The summed E-state index contributed by atoms with van der Waals surface area (Å²) in [5.74, 6) is 0. The minimum atomic E-state index is 1.05. The quantitative estimate of drug-likeness (QED) is 0.610. The van der Waals surface area contributed by atoms with Gasteiger partial charge in [-0.05, 0) is 5.56 Å². The molecule has 0 atom stereocenters. The van der Waals surface area contributed by atoms with Gasteiger partial charge in [0.1, 0.15) is 0 Å². The Morgan fingerprint density at radius 2 is 2.00 bits per heavy atom. The molecule has 0 N–H and O–H groups in total. The summed E-state index contributed by atoms with van der Waals surface area (Å²) in [5, 5.41) is 6.40. The summed E-state index contributed by atoms with van der Waals surface area (Å²) < 4.78 is 0. The lowest BCUT2D eigenvalue weighted by Gasteiger charge is -2.01. The highest BCUT2D eigenvalue weighted by molar-refractivity contribution is 6.01. The van der Waals surface area contributed by atoms with Gasteiger partial charge in [-0.3, -0.25) is 5.01 Å². The zero-order valence-corrected chi connectivity index (χ0v) is 7.20. The van der Waals surface area contributed by atoms with Crippen molar-refractivity contribution in [2.45, 2.75) is 6.42 Å². The Morgan fingerprint density at radius 3 is 2.58 bits per heavy atom. The minimum Gasteiger partial charge on any atom is -0.299 e. The van der Waals surface area contributed by atoms with Gasteiger partial charge in [-0.2, -0.15) is 5.10 Å². The fourth-order valence-electron chi connectivity index (χ4n) is 1.41. The van der Waals surface area contributed by atoms with Crippen molar-refractivity contribution in [3.8, 4) is 0 Å². The number of nitrogens with zero attached hydrogens (tertiary/aromatic N) is 2. The van der Waals surface area contributed by atoms with Gasteiger partial charge in [-0.1, -0.05) is 30.3 Å². The first kappa shape index (κ1) is 7.35. The molecule has 0 saturated carbocycles. The van der Waals surface area contributed by atoms with Crippen LogP contribution >= 0.6 is 0 Å². The Hall–Kier alpha value is -1.31. The second kappa shape index (κ2) is 2.97. The third-order valence-corrected chi connectivity index (χ3v) is 2.07. The minimum absolute atomic E-state index is 1.05. The van der Waals surface area contributed by atoms with Crippen LogP contribution in [0.4, 0.5) is 0 Å². The van der Waals surface area contributed by atoms with Gasteiger partial charge >= 0.3 is 0 Å². The van der Waals surface area contributed by atoms with E-state index in [-0.39, 0.29) is 0 Å². The highest BCUT2D eigenvalue weighted by atomic mass is 15.5. The lowest BCUT2D eigenvalue weighted by molar-refractivity contribution is 0.393. The highest BCUT2D eigenvalue weighted by Gasteiger charge is 2.11. The predicted octanol–water partition coefficient (Wildman–Crippen LogP) is 1.73. The van der Waals surface area contributed by atoms with Crippen LogP contribution in [0, 0.1) is 0 Å². The van der Waals surface area contributed by atoms with Crippen LogP contribution in [0.5, 0.6) is 0 Å². The molecule has 2 nitrogen and oxygen atoms in total. The summed E-state index contributed by atoms with van der Waals surface area (Å²) in [6.45, 7) is 1.05. The van der Waals surface area contributed by atoms with Crippen LogP contribution in [-0.2, 0) is 0 Å². The molecule has 0 aromatic heterocycles. The van der Waals surface area contributed by atoms with E-state index >= 15 is 0 Å². The van der Waals surface area contributed by atoms with Gasteiger partial charge < -0.3 is 0 Å². The zero-order valence-electron chi connectivity index (χ0n) is 7.20. The Bertz CT molecular complexity index is 290. The number of rotatable bonds is 1. The van der Waals surface area contributed by atoms with Crippen molar-refractivity contribution in [3.63, 3.8) is 0 Å². The summed E-state index contributed by atoms with van der Waals surface area (Å²) in [4.78, 5) is 0. The topological polar surface area (TPSA) is 15.6 Å². The molecule has 2 rings (SSSR count). The lowest BCUT2D eigenvalue weighted by Crippen LogP contribution is -2.04. The fraction of sp³-hybridized carbons (Fsp3) is 0.300. The molecule has 0 radical (unpaired) electrons. The number of hydrogen-bond donors (Lipinski definition) is 0. The second-order valence-corrected chi connectivity index (χ2v) is 3.04. The molecule has 1 aromatic rings. The molecule has 1 heterocycles. The van der Waals surface area contributed by atoms with Gasteiger partial charge in [0.05, 0.1) is 5.71 Å². The smallest absolute Gasteiger partial charge is 0.0695 e. The molecule has 1 aromatic carbocycles. The molecular formula is C10H12N2. The monoisotopic (exact) mass is 160 g/mol. The largest absolute Gasteiger partial charge is 0.299 e. The van der Waals surface area contributed by atoms with Gasteiger partial charge in [0, 0.05) is 20.0 Å². The molecule has 0 bridgehead atoms. The van der Waals surface area contributed by atoms with Gasteiger partial charge in [-0.25, -0.2) is 0 Å². The van der Waals surface area contributed by atoms with E-state index in [1.54, 1.807) is 0 Å². The third-order valence-electron chi connectivity index (χ3n) is 2.07. The van der Waals surface area contributed by atoms with E-state index in [4.69, 9.17) is 0 Å². The number of hydrogen-bond acceptors (Lipinski definition) is 2. The maximum Gasteiger partial charge on any atom is 0.0695 e. The normalized spacial score (nSPS) is 16.4. The Kier molecular flexibility index (Phi) is 1.82. The van der Waals surface area contributed by atoms with Crippen LogP contribution in [0.25, 0.3) is 0 Å². The molecule has 0 saturated heterocycles. The van der Waals surface area contributed by atoms with Crippen LogP contribution in [0.1, 0.15) is 12.0 Å². The van der Waals surface area contributed by atoms with Crippen molar-refractivity contribution in [2.75, 3.05) is 13.6 Å². The van der Waals surface area contributed by atoms with Crippen LogP contribution in [0.2, 0.25) is 0 Å². The maximum absolute atomic E-state index is 4.41. The second-order valence-electron chi connectivity index (χ2n) is 3.04. The molecule has 0 spiro atoms. The van der Waals surface area contributed by atoms with Crippen molar-refractivity contribution in [1.29, 1.82) is 0 Å². The van der Waals surface area contributed by atoms with Crippen LogP contribution in [-0.4, -0.2) is 24.3 Å². The fourth-order valence-corrected chi connectivity index (χ4v) is 1.41. The molecule has 0 amide bonds. The van der Waals surface area contributed by atoms with E-state index < -0.39 is 0 Å². The Labute approximate surface area is 72.5 Å². The maximum atomic E-state index is 4.41. The molecule has 0 aliphatic carbocycles. The molecule has 0 fully saturated rings. The first-order valence-corrected chi connectivity index (χ1v) is 4.20. The molecular weight excluding hydrogens is 148 g/mol. The highest BCUT2D eigenvalue weighted by Crippen LogP contribution is 2.11. The first-order valence-electron chi connectivity index (χ1n) is 4.20. The lowest BCUT2D eigenvalue weighted by atomic mass is 10.1. The standard InChI is InChI=1S/C10H12N2/c1-12-8-7-10(11-12)9-5-3-2-4-6-9/h2-6H,7-8H2,1H3. The van der Waals surface area contributed by atoms with Crippen molar-refractivity contribution in [2.24, 2.45) is 5.10 Å². The van der Waals surface area contributed by atoms with Gasteiger partial charge in [-0.15, -0.1) is 0 Å². The SMILES string of the molecule is CN1CCC(c2ccccc2)=N1. The molecule has 12 heavy (non-hydrogen) atoms. The molecule has 62 valence electrons. The molecule has 0 unspecified atom stereocenters. The van der Waals surface area contributed by atoms with E-state index in [1.165, 1.54) is 11.3 Å². The molecule has 1 aliphatic heterocycles. The van der Waals surface area contributed by atoms with Crippen molar-refractivity contribution in [3.05, 3.63) is 35.9 Å². The van der Waals surface area contributed by atoms with Crippen molar-refractivity contribution < 1.29 is 0 Å². The van der Waals surface area contributed by atoms with E-state index in [0.717, 1.165) is 13.0 Å². The third kappa shape index (κ3) is 1.33. The number of hydrazone groups is 1. The van der Waals surface area contributed by atoms with Crippen LogP contribution < -0.4 is 0 Å². The average molecular weight is 160 g/mol. The first-order chi connectivity index (χ1) is 5.86. The van der Waals surface area contributed by atoms with E-state index in [2.05, 4.69) is 29.4 Å². The summed E-state index contributed by atoms with van der Waals surface area (Å²) in [6.07, 6.45) is 1.07. The van der Waals surface area contributed by atoms with Crippen molar-refractivity contribution >= 4 is 5.71 Å². The Balaban J connectivity index is 2.27. The summed E-state index contributed by atoms with van der Waals surface area (Å²) in [6, 6.07) is 10.4. The van der Waals surface area contributed by atoms with Crippen LogP contribution in [0.3, 0.4) is 0 Å². The summed E-state index contributed by atoms with van der Waals surface area (Å²) in [7, 11) is 2.01. The van der Waals surface area contributed by atoms with E-state index in [1.807, 2.05) is 18.1 Å². The predicted molar refractivity (Wildman–Crippen MR) is 50.2 cm³/mol. The average Bonchev–Trinajstić information content (AvgIpc) is 2.54. The van der Waals surface area contributed by atoms with Gasteiger partial charge in [0.15, 0.2) is 0 Å². The van der Waals surface area contributed by atoms with Gasteiger partial charge in [0.25, 0.3) is 0 Å². The van der Waals surface area contributed by atoms with E-state index in [0.29, 0.717) is 0 Å². The summed E-state index contributed by atoms with van der Waals surface area (Å²) in [5.41, 5.74) is 2.46. The molecule has 2 heteroatoms. The van der Waals surface area contributed by atoms with Crippen molar-refractivity contribution in [1.82, 2.24) is 5.01 Å². The molecule has 1 aliphatic rings. The number of benzene rings is 1.